The molecule has 0 saturated heterocycles. The smallest absolute Gasteiger partial charge is 0.127 e. The number of methoxy groups -OCH3 is 1. The summed E-state index contributed by atoms with van der Waals surface area (Å²) < 4.78 is 5.69. The van der Waals surface area contributed by atoms with Crippen LogP contribution in [0.4, 0.5) is 0 Å². The van der Waals surface area contributed by atoms with E-state index in [1.165, 1.54) is 18.4 Å². The third-order valence-corrected chi connectivity index (χ3v) is 5.69. The maximum Gasteiger partial charge on any atom is 0.127 e. The standard InChI is InChI=1S/C22H26N4O/c1-27-19-9-3-2-8-18(19)22(10-4-5-11-22)16-26-20(21-24-13-14-25-21)17-7-6-12-23-15-17/h2-3,6-9,12-15,20,26H,4-5,10-11,16H2,1H3,(H,24,25). The fourth-order valence-electron chi connectivity index (χ4n) is 4.33. The van der Waals surface area contributed by atoms with Gasteiger partial charge in [0.2, 0.25) is 0 Å². The molecule has 5 heteroatoms. The minimum Gasteiger partial charge on any atom is -0.496 e. The molecule has 0 bridgehead atoms. The second kappa shape index (κ2) is 7.92. The van der Waals surface area contributed by atoms with Gasteiger partial charge in [-0.1, -0.05) is 37.1 Å². The van der Waals surface area contributed by atoms with E-state index < -0.39 is 0 Å². The Morgan fingerprint density at radius 2 is 2.00 bits per heavy atom. The van der Waals surface area contributed by atoms with Gasteiger partial charge in [-0.3, -0.25) is 4.98 Å². The van der Waals surface area contributed by atoms with Crippen molar-refractivity contribution in [3.05, 3.63) is 78.1 Å². The fraction of sp³-hybridized carbons (Fsp3) is 0.364. The summed E-state index contributed by atoms with van der Waals surface area (Å²) in [7, 11) is 1.76. The van der Waals surface area contributed by atoms with Gasteiger partial charge >= 0.3 is 0 Å². The molecule has 0 radical (unpaired) electrons. The molecule has 1 aliphatic carbocycles. The summed E-state index contributed by atoms with van der Waals surface area (Å²) in [5.41, 5.74) is 2.50. The van der Waals surface area contributed by atoms with Gasteiger partial charge in [0.25, 0.3) is 0 Å². The summed E-state index contributed by atoms with van der Waals surface area (Å²) in [5, 5.41) is 3.78. The molecule has 4 rings (SSSR count). The van der Waals surface area contributed by atoms with Crippen molar-refractivity contribution in [2.45, 2.75) is 37.1 Å². The quantitative estimate of drug-likeness (QED) is 0.667. The van der Waals surface area contributed by atoms with E-state index in [0.29, 0.717) is 0 Å². The lowest BCUT2D eigenvalue weighted by Gasteiger charge is -2.33. The van der Waals surface area contributed by atoms with Gasteiger partial charge in [-0.05, 0) is 30.5 Å². The molecule has 27 heavy (non-hydrogen) atoms. The molecule has 1 aliphatic rings. The summed E-state index contributed by atoms with van der Waals surface area (Å²) in [6.07, 6.45) is 12.2. The highest BCUT2D eigenvalue weighted by Gasteiger charge is 2.38. The highest BCUT2D eigenvalue weighted by molar-refractivity contribution is 5.41. The Balaban J connectivity index is 1.63. The van der Waals surface area contributed by atoms with Crippen LogP contribution in [-0.4, -0.2) is 28.6 Å². The number of hydrogen-bond donors (Lipinski definition) is 2. The zero-order chi connectivity index (χ0) is 18.5. The van der Waals surface area contributed by atoms with E-state index in [1.54, 1.807) is 19.5 Å². The van der Waals surface area contributed by atoms with E-state index in [1.807, 2.05) is 24.5 Å². The lowest BCUT2D eigenvalue weighted by Crippen LogP contribution is -2.38. The summed E-state index contributed by atoms with van der Waals surface area (Å²) in [5.74, 6) is 1.90. The van der Waals surface area contributed by atoms with Gasteiger partial charge in [-0.25, -0.2) is 4.98 Å². The first-order chi connectivity index (χ1) is 13.3. The molecule has 0 amide bonds. The number of pyridine rings is 1. The predicted octanol–water partition coefficient (Wildman–Crippen LogP) is 4.00. The number of hydrogen-bond acceptors (Lipinski definition) is 4. The SMILES string of the molecule is COc1ccccc1C1(CNC(c2cccnc2)c2ncc[nH]2)CCCC1. The van der Waals surface area contributed by atoms with E-state index >= 15 is 0 Å². The summed E-state index contributed by atoms with van der Waals surface area (Å²) in [6.45, 7) is 0.869. The maximum atomic E-state index is 5.69. The van der Waals surface area contributed by atoms with Crippen molar-refractivity contribution in [3.8, 4) is 5.75 Å². The summed E-state index contributed by atoms with van der Waals surface area (Å²) >= 11 is 0. The third kappa shape index (κ3) is 3.60. The predicted molar refractivity (Wildman–Crippen MR) is 106 cm³/mol. The lowest BCUT2D eigenvalue weighted by atomic mass is 9.78. The first-order valence-corrected chi connectivity index (χ1v) is 9.58. The Morgan fingerprint density at radius 3 is 2.70 bits per heavy atom. The molecule has 0 aliphatic heterocycles. The molecular weight excluding hydrogens is 336 g/mol. The van der Waals surface area contributed by atoms with Crippen LogP contribution < -0.4 is 10.1 Å². The second-order valence-electron chi connectivity index (χ2n) is 7.26. The Morgan fingerprint density at radius 1 is 1.15 bits per heavy atom. The molecule has 2 N–H and O–H groups in total. The Hall–Kier alpha value is -2.66. The van der Waals surface area contributed by atoms with Gasteiger partial charge in [0.05, 0.1) is 13.2 Å². The van der Waals surface area contributed by atoms with Crippen LogP contribution in [0.1, 0.15) is 48.7 Å². The minimum absolute atomic E-state index is 0.0131. The normalized spacial score (nSPS) is 16.9. The minimum atomic E-state index is -0.0131. The van der Waals surface area contributed by atoms with E-state index in [4.69, 9.17) is 4.74 Å². The van der Waals surface area contributed by atoms with Crippen molar-refractivity contribution in [2.24, 2.45) is 0 Å². The average Bonchev–Trinajstić information content (AvgIpc) is 3.42. The van der Waals surface area contributed by atoms with Crippen molar-refractivity contribution in [2.75, 3.05) is 13.7 Å². The molecule has 1 saturated carbocycles. The van der Waals surface area contributed by atoms with E-state index in [-0.39, 0.29) is 11.5 Å². The maximum absolute atomic E-state index is 5.69. The monoisotopic (exact) mass is 362 g/mol. The molecule has 2 heterocycles. The number of nitrogens with one attached hydrogen (secondary N) is 2. The molecule has 1 fully saturated rings. The van der Waals surface area contributed by atoms with E-state index in [0.717, 1.165) is 36.5 Å². The molecule has 0 spiro atoms. The third-order valence-electron chi connectivity index (χ3n) is 5.69. The zero-order valence-electron chi connectivity index (χ0n) is 15.7. The largest absolute Gasteiger partial charge is 0.496 e. The molecule has 1 unspecified atom stereocenters. The highest BCUT2D eigenvalue weighted by atomic mass is 16.5. The van der Waals surface area contributed by atoms with Crippen LogP contribution in [-0.2, 0) is 5.41 Å². The molecule has 1 aromatic carbocycles. The van der Waals surface area contributed by atoms with Crippen LogP contribution in [0, 0.1) is 0 Å². The number of ether oxygens (including phenoxy) is 1. The first-order valence-electron chi connectivity index (χ1n) is 9.58. The number of aromatic nitrogens is 3. The topological polar surface area (TPSA) is 62.8 Å². The molecular formula is C22H26N4O. The van der Waals surface area contributed by atoms with Crippen LogP contribution in [0.25, 0.3) is 0 Å². The second-order valence-corrected chi connectivity index (χ2v) is 7.26. The Labute approximate surface area is 160 Å². The van der Waals surface area contributed by atoms with Gasteiger partial charge in [-0.15, -0.1) is 0 Å². The number of nitrogens with zero attached hydrogens (tertiary/aromatic N) is 2. The van der Waals surface area contributed by atoms with Gasteiger partial charge in [0.15, 0.2) is 0 Å². The van der Waals surface area contributed by atoms with Crippen molar-refractivity contribution < 1.29 is 4.74 Å². The lowest BCUT2D eigenvalue weighted by molar-refractivity contribution is 0.352. The molecule has 1 atom stereocenters. The molecule has 3 aromatic rings. The van der Waals surface area contributed by atoms with Crippen LogP contribution in [0.15, 0.2) is 61.2 Å². The van der Waals surface area contributed by atoms with E-state index in [9.17, 15) is 0 Å². The number of benzene rings is 1. The van der Waals surface area contributed by atoms with Gasteiger partial charge < -0.3 is 15.0 Å². The number of H-pyrrole nitrogens is 1. The van der Waals surface area contributed by atoms with E-state index in [2.05, 4.69) is 44.5 Å². The van der Waals surface area contributed by atoms with Crippen LogP contribution in [0.2, 0.25) is 0 Å². The molecule has 140 valence electrons. The Bertz CT molecular complexity index is 842. The highest BCUT2D eigenvalue weighted by Crippen LogP contribution is 2.44. The van der Waals surface area contributed by atoms with Gasteiger partial charge in [-0.2, -0.15) is 0 Å². The van der Waals surface area contributed by atoms with Crippen molar-refractivity contribution in [1.82, 2.24) is 20.3 Å². The number of imidazole rings is 1. The number of aromatic amines is 1. The van der Waals surface area contributed by atoms with Crippen molar-refractivity contribution in [1.29, 1.82) is 0 Å². The van der Waals surface area contributed by atoms with Crippen molar-refractivity contribution >= 4 is 0 Å². The van der Waals surface area contributed by atoms with Gasteiger partial charge in [0, 0.05) is 42.3 Å². The fourth-order valence-corrected chi connectivity index (χ4v) is 4.33. The zero-order valence-corrected chi connectivity index (χ0v) is 15.7. The average molecular weight is 362 g/mol. The molecule has 2 aromatic heterocycles. The van der Waals surface area contributed by atoms with Crippen LogP contribution in [0.5, 0.6) is 5.75 Å². The number of rotatable bonds is 7. The van der Waals surface area contributed by atoms with Gasteiger partial charge in [0.1, 0.15) is 11.6 Å². The van der Waals surface area contributed by atoms with Crippen LogP contribution in [0.3, 0.4) is 0 Å². The summed E-state index contributed by atoms with van der Waals surface area (Å²) in [6, 6.07) is 12.5. The number of para-hydroxylation sites is 1. The molecule has 5 nitrogen and oxygen atoms in total. The summed E-state index contributed by atoms with van der Waals surface area (Å²) in [4.78, 5) is 12.1. The van der Waals surface area contributed by atoms with Crippen LogP contribution >= 0.6 is 0 Å². The Kier molecular flexibility index (Phi) is 5.21. The van der Waals surface area contributed by atoms with Crippen molar-refractivity contribution in [3.63, 3.8) is 0 Å². The first kappa shape index (κ1) is 17.7.